The van der Waals surface area contributed by atoms with E-state index < -0.39 is 260 Å². The number of phosphoric acid groups is 5. The molecule has 0 aliphatic carbocycles. The van der Waals surface area contributed by atoms with Gasteiger partial charge in [-0.2, -0.15) is 15.0 Å². The number of nitrogen functional groups attached to an aromatic ring is 4. The van der Waals surface area contributed by atoms with Gasteiger partial charge in [-0.25, -0.2) is 62.3 Å². The number of aryl methyl sites for hydroxylation is 2. The van der Waals surface area contributed by atoms with Gasteiger partial charge in [0.25, 0.3) is 27.8 Å². The summed E-state index contributed by atoms with van der Waals surface area (Å²) in [6.07, 6.45) is -22.0. The van der Waals surface area contributed by atoms with Crippen molar-refractivity contribution in [2.75, 3.05) is 62.6 Å². The summed E-state index contributed by atoms with van der Waals surface area (Å²) in [4.78, 5) is 194. The molecular formula is C60H75N24O35P5. The van der Waals surface area contributed by atoms with Gasteiger partial charge in [0.1, 0.15) is 116 Å². The minimum atomic E-state index is -5.64. The molecule has 0 aromatic carbocycles. The van der Waals surface area contributed by atoms with E-state index in [1.54, 1.807) is 0 Å². The highest BCUT2D eigenvalue weighted by molar-refractivity contribution is 7.48. The van der Waals surface area contributed by atoms with Crippen molar-refractivity contribution >= 4 is 107 Å². The molecule has 6 saturated heterocycles. The maximum Gasteiger partial charge on any atom is 0.472 e. The van der Waals surface area contributed by atoms with Crippen molar-refractivity contribution in [2.24, 2.45) is 0 Å². The molecule has 10 aromatic heterocycles. The zero-order chi connectivity index (χ0) is 88.1. The Morgan fingerprint density at radius 1 is 0.379 bits per heavy atom. The zero-order valence-corrected chi connectivity index (χ0v) is 68.2. The summed E-state index contributed by atoms with van der Waals surface area (Å²) in [7, 11) is -27.5. The van der Waals surface area contributed by atoms with Gasteiger partial charge in [-0.05, 0) is 13.8 Å². The topological polar surface area (TPSA) is 823 Å². The number of hydrogen-bond donors (Lipinski definition) is 16. The Kier molecular flexibility index (Phi) is 24.3. The zero-order valence-electron chi connectivity index (χ0n) is 63.7. The molecule has 0 radical (unpaired) electrons. The lowest BCUT2D eigenvalue weighted by Crippen LogP contribution is -2.33. The molecule has 23 atom stereocenters. The van der Waals surface area contributed by atoms with Crippen molar-refractivity contribution < 1.29 is 131 Å². The number of nitrogens with two attached hydrogens (primary N) is 4. The highest BCUT2D eigenvalue weighted by atomic mass is 31.2. The van der Waals surface area contributed by atoms with E-state index in [4.69, 9.17) is 96.6 Å². The molecule has 6 aliphatic heterocycles. The van der Waals surface area contributed by atoms with Crippen LogP contribution in [0.3, 0.4) is 0 Å². The molecule has 20 N–H and O–H groups in total. The fourth-order valence-corrected chi connectivity index (χ4v) is 19.5. The summed E-state index contributed by atoms with van der Waals surface area (Å²) >= 11 is 0. The summed E-state index contributed by atoms with van der Waals surface area (Å²) in [5, 5.41) is 21.2. The normalized spacial score (nSPS) is 29.2. The Morgan fingerprint density at radius 2 is 0.661 bits per heavy atom. The highest BCUT2D eigenvalue weighted by Crippen LogP contribution is 2.57. The molecule has 59 nitrogen and oxygen atoms in total. The summed E-state index contributed by atoms with van der Waals surface area (Å²) in [6, 6.07) is 0. The largest absolute Gasteiger partial charge is 0.472 e. The van der Waals surface area contributed by atoms with Crippen LogP contribution in [0.1, 0.15) is 87.0 Å². The fraction of sp³-hybridized carbons (Fsp3) is 0.533. The first kappa shape index (κ1) is 87.8. The number of aromatic nitrogens is 20. The number of nitrogens with one attached hydrogen (secondary N) is 5. The van der Waals surface area contributed by atoms with Crippen LogP contribution in [0.5, 0.6) is 0 Å². The molecule has 0 saturated carbocycles. The third-order valence-corrected chi connectivity index (χ3v) is 25.6. The molecule has 670 valence electrons. The van der Waals surface area contributed by atoms with Gasteiger partial charge >= 0.3 is 50.5 Å². The van der Waals surface area contributed by atoms with Crippen LogP contribution < -0.4 is 62.1 Å². The number of anilines is 4. The number of ether oxygens (including phenoxy) is 6. The second kappa shape index (κ2) is 34.3. The molecule has 0 amide bonds. The lowest BCUT2D eigenvalue weighted by atomic mass is 10.2. The van der Waals surface area contributed by atoms with Gasteiger partial charge in [0.05, 0.1) is 71.1 Å². The predicted molar refractivity (Wildman–Crippen MR) is 407 cm³/mol. The lowest BCUT2D eigenvalue weighted by molar-refractivity contribution is -0.0643. The molecule has 16 heterocycles. The van der Waals surface area contributed by atoms with Gasteiger partial charge in [0.2, 0.25) is 17.8 Å². The van der Waals surface area contributed by atoms with Gasteiger partial charge in [-0.3, -0.25) is 122 Å². The Bertz CT molecular complexity index is 6470. The van der Waals surface area contributed by atoms with Crippen LogP contribution in [0.4, 0.5) is 23.7 Å². The number of nitrogens with zero attached hydrogens (tertiary/aromatic N) is 15. The van der Waals surface area contributed by atoms with Crippen molar-refractivity contribution in [3.63, 3.8) is 0 Å². The molecule has 5 unspecified atom stereocenters. The Morgan fingerprint density at radius 3 is 1.00 bits per heavy atom. The number of rotatable bonds is 32. The fourth-order valence-electron chi connectivity index (χ4n) is 14.7. The standard InChI is InChI=1S/C60H75N24O35P5/c1-22-9-79(59(92)77-51(22)87)37-4-25(30(11-85)109-37)115-121(96,97)105-13-32-26(5-38(111-32)80-10-23(2)52(88)78-60(80)93)116-122(98,99)106-14-33-27(6-39(112-33)81-18-67-42-46(61)65-17-66-47(42)81)118-123(100,101)107-16-35-29(8-41(114-35)84-21-70-45-50(84)73-58(64)76-55(45)91)119-124(102,103)108-15-34-28(7-40(113-34)83-20-69-44-49(83)72-57(63)75-54(44)90)117-120(94,95)104-12-31-24(86)3-36(110-31)82-19-68-43-48(82)71-56(62)74-53(43)89/h9-10,17-21,24-41,85-86H,3-8,11-16H2,1-2H3,(H,94,95)(H,96,97)(H,98,99)(H,100,101)(H,102,103)(H2,61,65,66)(H,77,87,92)(H,78,88,93)(H3,62,71,74,89)(H3,63,72,75,90)(H3,64,73,76,91)/t24-,25-,26-,27-,28-,29-,30+,31+,32+,33+,34+,35+,36+,37+,38+,39+,40+,41+/m0/s1. The summed E-state index contributed by atoms with van der Waals surface area (Å²) < 4.78 is 170. The molecule has 6 aliphatic rings. The van der Waals surface area contributed by atoms with Crippen LogP contribution in [-0.2, 0) is 96.5 Å². The maximum absolute atomic E-state index is 14.6. The van der Waals surface area contributed by atoms with Crippen LogP contribution in [-0.4, -0.2) is 245 Å². The third kappa shape index (κ3) is 18.7. The molecule has 64 heteroatoms. The number of aromatic amines is 5. The highest BCUT2D eigenvalue weighted by Gasteiger charge is 2.52. The van der Waals surface area contributed by atoms with Gasteiger partial charge in [0.15, 0.2) is 45.0 Å². The summed E-state index contributed by atoms with van der Waals surface area (Å²) in [5.41, 5.74) is 17.1. The second-order valence-corrected chi connectivity index (χ2v) is 35.9. The van der Waals surface area contributed by atoms with Crippen LogP contribution in [0.15, 0.2) is 77.6 Å². The smallest absolute Gasteiger partial charge is 0.394 e. The summed E-state index contributed by atoms with van der Waals surface area (Å²) in [5.74, 6) is -1.11. The molecule has 6 fully saturated rings. The van der Waals surface area contributed by atoms with Crippen molar-refractivity contribution in [1.82, 2.24) is 97.2 Å². The first-order valence-corrected chi connectivity index (χ1v) is 44.4. The van der Waals surface area contributed by atoms with Crippen LogP contribution in [0, 0.1) is 13.8 Å². The van der Waals surface area contributed by atoms with Crippen molar-refractivity contribution in [3.05, 3.63) is 128 Å². The molecule has 0 bridgehead atoms. The maximum atomic E-state index is 14.6. The SMILES string of the molecule is Cc1cn([C@H]2C[C@H](OP(=O)(O)OC[C@H]3O[C@@H](n4cc(C)c(=O)[nH]c4=O)C[C@@H]3OP(=O)(O)OC[C@H]3O[C@@H](n4cnc5c(N)ncnc54)C[C@@H]3OP(=O)(O)OC[C@H]3O[C@@H](n4cnc5c(=O)[nH]c(N)nc54)C[C@@H]3OP(=O)(O)OC[C@H]3O[C@@H](n4cnc5c(=O)[nH]c(N)nc54)C[C@@H]3OP(=O)(O)OC[C@H]3O[C@@H](n4cnc5c(=O)[nH]c(N)nc54)C[C@@H]3O)[C@@H](CO)O2)c(=O)[nH]c1=O. The van der Waals surface area contributed by atoms with E-state index in [1.165, 1.54) is 40.2 Å². The number of H-pyrrole nitrogens is 5. The molecule has 0 spiro atoms. The van der Waals surface area contributed by atoms with E-state index in [0.29, 0.717) is 0 Å². The van der Waals surface area contributed by atoms with Crippen molar-refractivity contribution in [1.29, 1.82) is 0 Å². The predicted octanol–water partition coefficient (Wildman–Crippen LogP) is -3.14. The minimum absolute atomic E-state index is 0.00889. The van der Waals surface area contributed by atoms with Crippen LogP contribution in [0.25, 0.3) is 44.7 Å². The van der Waals surface area contributed by atoms with E-state index in [0.717, 1.165) is 45.1 Å². The van der Waals surface area contributed by atoms with Gasteiger partial charge in [0, 0.05) is 62.0 Å². The van der Waals surface area contributed by atoms with Crippen LogP contribution >= 0.6 is 39.1 Å². The van der Waals surface area contributed by atoms with E-state index in [2.05, 4.69) is 69.8 Å². The molecule has 124 heavy (non-hydrogen) atoms. The van der Waals surface area contributed by atoms with E-state index in [-0.39, 0.29) is 86.3 Å². The Hall–Kier alpha value is -9.61. The van der Waals surface area contributed by atoms with Crippen LogP contribution in [0.2, 0.25) is 0 Å². The van der Waals surface area contributed by atoms with E-state index in [9.17, 15) is 91.1 Å². The lowest BCUT2D eigenvalue weighted by Gasteiger charge is -2.26. The number of hydrogen-bond acceptors (Lipinski definition) is 43. The van der Waals surface area contributed by atoms with E-state index >= 15 is 0 Å². The number of aliphatic hydroxyl groups is 2. The van der Waals surface area contributed by atoms with Crippen molar-refractivity contribution in [2.45, 2.75) is 163 Å². The average Bonchev–Trinajstić information content (AvgIpc) is 1.69. The monoisotopic (exact) mass is 1850 g/mol. The number of phosphoric ester groups is 5. The first-order chi connectivity index (χ1) is 58.7. The van der Waals surface area contributed by atoms with Gasteiger partial charge in [-0.15, -0.1) is 0 Å². The Labute approximate surface area is 686 Å². The number of fused-ring (bicyclic) bond motifs is 4. The number of aliphatic hydroxyl groups excluding tert-OH is 2. The van der Waals surface area contributed by atoms with Crippen molar-refractivity contribution in [3.8, 4) is 0 Å². The molecular weight excluding hydrogens is 1770 g/mol. The number of imidazole rings is 4. The molecule has 16 rings (SSSR count). The summed E-state index contributed by atoms with van der Waals surface area (Å²) in [6.45, 7) is -3.24. The minimum Gasteiger partial charge on any atom is -0.394 e. The Balaban J connectivity index is 0.616. The quantitative estimate of drug-likeness (QED) is 0.0185. The average molecular weight is 1850 g/mol. The first-order valence-electron chi connectivity index (χ1n) is 36.9. The van der Waals surface area contributed by atoms with E-state index in [1.807, 2.05) is 0 Å². The third-order valence-electron chi connectivity index (χ3n) is 20.5. The second-order valence-electron chi connectivity index (χ2n) is 28.8. The van der Waals surface area contributed by atoms with Gasteiger partial charge < -0.3 is 86.0 Å². The molecule has 10 aromatic rings. The van der Waals surface area contributed by atoms with Gasteiger partial charge in [-0.1, -0.05) is 0 Å².